The van der Waals surface area contributed by atoms with Crippen molar-refractivity contribution in [1.29, 1.82) is 0 Å². The van der Waals surface area contributed by atoms with Crippen molar-refractivity contribution in [3.63, 3.8) is 0 Å². The van der Waals surface area contributed by atoms with Crippen LogP contribution in [0.5, 0.6) is 0 Å². The van der Waals surface area contributed by atoms with Crippen LogP contribution in [0.4, 0.5) is 0 Å². The number of rotatable bonds is 4. The minimum Gasteiger partial charge on any atom is -0.462 e. The van der Waals surface area contributed by atoms with Crippen molar-refractivity contribution in [3.05, 3.63) is 0 Å². The Morgan fingerprint density at radius 3 is 2.70 bits per heavy atom. The molecule has 0 N–H and O–H groups in total. The number of hydrogen-bond acceptors (Lipinski definition) is 2. The van der Waals surface area contributed by atoms with Crippen molar-refractivity contribution in [2.45, 2.75) is 31.8 Å². The van der Waals surface area contributed by atoms with Gasteiger partial charge in [0.1, 0.15) is 6.10 Å². The van der Waals surface area contributed by atoms with Crippen molar-refractivity contribution >= 4 is 5.97 Å². The second kappa shape index (κ2) is 3.56. The lowest BCUT2D eigenvalue weighted by atomic mass is 10.3. The van der Waals surface area contributed by atoms with Gasteiger partial charge in [0.15, 0.2) is 0 Å². The zero-order chi connectivity index (χ0) is 7.40. The van der Waals surface area contributed by atoms with Crippen LogP contribution >= 0.6 is 0 Å². The molecule has 1 radical (unpaired) electrons. The highest BCUT2D eigenvalue weighted by Gasteiger charge is 2.25. The number of esters is 1. The standard InChI is InChI=1S/C7H11O3/c8-5-1-2-7(9)10-6-3-4-6/h6H,1-5H2. The van der Waals surface area contributed by atoms with Gasteiger partial charge in [0, 0.05) is 6.42 Å². The van der Waals surface area contributed by atoms with Crippen LogP contribution in [0.25, 0.3) is 0 Å². The molecule has 0 spiro atoms. The lowest BCUT2D eigenvalue weighted by Gasteiger charge is -1.99. The van der Waals surface area contributed by atoms with E-state index in [1.54, 1.807) is 0 Å². The second-order valence-corrected chi connectivity index (χ2v) is 2.50. The molecule has 0 aliphatic heterocycles. The number of carbonyl (C=O) groups excluding carboxylic acids is 1. The van der Waals surface area contributed by atoms with E-state index in [0.717, 1.165) is 12.8 Å². The summed E-state index contributed by atoms with van der Waals surface area (Å²) in [4.78, 5) is 10.7. The predicted molar refractivity (Wildman–Crippen MR) is 33.9 cm³/mol. The van der Waals surface area contributed by atoms with Crippen molar-refractivity contribution in [3.8, 4) is 0 Å². The van der Waals surface area contributed by atoms with E-state index in [0.29, 0.717) is 12.8 Å². The molecule has 1 saturated carbocycles. The molecular formula is C7H11O3. The summed E-state index contributed by atoms with van der Waals surface area (Å²) in [6.45, 7) is -0.181. The maximum absolute atomic E-state index is 10.7. The first kappa shape index (κ1) is 7.54. The summed E-state index contributed by atoms with van der Waals surface area (Å²) in [5.74, 6) is -0.210. The lowest BCUT2D eigenvalue weighted by Crippen LogP contribution is -2.05. The van der Waals surface area contributed by atoms with E-state index in [1.807, 2.05) is 0 Å². The molecule has 3 heteroatoms. The monoisotopic (exact) mass is 143 g/mol. The third-order valence-corrected chi connectivity index (χ3v) is 1.35. The molecular weight excluding hydrogens is 132 g/mol. The number of hydrogen-bond donors (Lipinski definition) is 0. The Kier molecular flexibility index (Phi) is 2.68. The molecule has 1 fully saturated rings. The first-order chi connectivity index (χ1) is 4.83. The maximum Gasteiger partial charge on any atom is 0.306 e. The SMILES string of the molecule is [O]CCCC(=O)OC1CC1. The van der Waals surface area contributed by atoms with Crippen LogP contribution in [0.3, 0.4) is 0 Å². The van der Waals surface area contributed by atoms with E-state index in [9.17, 15) is 9.90 Å². The topological polar surface area (TPSA) is 46.2 Å². The summed E-state index contributed by atoms with van der Waals surface area (Å²) >= 11 is 0. The van der Waals surface area contributed by atoms with Gasteiger partial charge in [-0.25, -0.2) is 5.11 Å². The van der Waals surface area contributed by atoms with E-state index >= 15 is 0 Å². The molecule has 1 rings (SSSR count). The minimum absolute atomic E-state index is 0.180. The number of carbonyl (C=O) groups is 1. The Hall–Kier alpha value is -0.570. The van der Waals surface area contributed by atoms with Gasteiger partial charge < -0.3 is 4.74 Å². The normalized spacial score (nSPS) is 16.9. The van der Waals surface area contributed by atoms with Gasteiger partial charge in [-0.3, -0.25) is 4.79 Å². The highest BCUT2D eigenvalue weighted by atomic mass is 16.5. The zero-order valence-corrected chi connectivity index (χ0v) is 5.84. The Labute approximate surface area is 60.0 Å². The van der Waals surface area contributed by atoms with E-state index in [2.05, 4.69) is 0 Å². The van der Waals surface area contributed by atoms with E-state index in [1.165, 1.54) is 0 Å². The van der Waals surface area contributed by atoms with Crippen molar-refractivity contribution in [2.75, 3.05) is 6.61 Å². The molecule has 0 amide bonds. The average molecular weight is 143 g/mol. The van der Waals surface area contributed by atoms with E-state index in [4.69, 9.17) is 4.74 Å². The van der Waals surface area contributed by atoms with Crippen molar-refractivity contribution in [1.82, 2.24) is 0 Å². The molecule has 0 aromatic rings. The molecule has 0 heterocycles. The number of ether oxygens (including phenoxy) is 1. The van der Waals surface area contributed by atoms with Crippen LogP contribution in [0, 0.1) is 0 Å². The van der Waals surface area contributed by atoms with Gasteiger partial charge in [-0.1, -0.05) is 0 Å². The Morgan fingerprint density at radius 1 is 1.50 bits per heavy atom. The molecule has 0 bridgehead atoms. The zero-order valence-electron chi connectivity index (χ0n) is 5.84. The van der Waals surface area contributed by atoms with Gasteiger partial charge in [-0.2, -0.15) is 0 Å². The van der Waals surface area contributed by atoms with Gasteiger partial charge in [0.25, 0.3) is 0 Å². The molecule has 0 atom stereocenters. The van der Waals surface area contributed by atoms with Crippen LogP contribution in [0.2, 0.25) is 0 Å². The smallest absolute Gasteiger partial charge is 0.306 e. The average Bonchev–Trinajstić information content (AvgIpc) is 2.67. The molecule has 1 aliphatic carbocycles. The van der Waals surface area contributed by atoms with Gasteiger partial charge >= 0.3 is 5.97 Å². The van der Waals surface area contributed by atoms with Crippen LogP contribution in [0.1, 0.15) is 25.7 Å². The fourth-order valence-electron chi connectivity index (χ4n) is 0.647. The summed E-state index contributed by atoms with van der Waals surface area (Å²) in [7, 11) is 0. The Morgan fingerprint density at radius 2 is 2.20 bits per heavy atom. The summed E-state index contributed by atoms with van der Waals surface area (Å²) in [5, 5.41) is 9.93. The van der Waals surface area contributed by atoms with Gasteiger partial charge in [-0.05, 0) is 19.3 Å². The molecule has 0 saturated heterocycles. The van der Waals surface area contributed by atoms with Crippen LogP contribution in [-0.2, 0) is 14.6 Å². The molecule has 0 unspecified atom stereocenters. The Bertz CT molecular complexity index is 118. The highest BCUT2D eigenvalue weighted by Crippen LogP contribution is 2.23. The van der Waals surface area contributed by atoms with Gasteiger partial charge in [0.2, 0.25) is 0 Å². The molecule has 0 aromatic carbocycles. The summed E-state index contributed by atoms with van der Waals surface area (Å²) < 4.78 is 4.89. The lowest BCUT2D eigenvalue weighted by molar-refractivity contribution is -0.145. The minimum atomic E-state index is -0.210. The van der Waals surface area contributed by atoms with Crippen LogP contribution in [0.15, 0.2) is 0 Å². The highest BCUT2D eigenvalue weighted by molar-refractivity contribution is 5.69. The van der Waals surface area contributed by atoms with Crippen molar-refractivity contribution in [2.24, 2.45) is 0 Å². The maximum atomic E-state index is 10.7. The van der Waals surface area contributed by atoms with E-state index < -0.39 is 0 Å². The summed E-state index contributed by atoms with van der Waals surface area (Å²) in [5.41, 5.74) is 0. The molecule has 57 valence electrons. The fraction of sp³-hybridized carbons (Fsp3) is 0.857. The van der Waals surface area contributed by atoms with Crippen LogP contribution < -0.4 is 0 Å². The first-order valence-electron chi connectivity index (χ1n) is 3.60. The van der Waals surface area contributed by atoms with E-state index in [-0.39, 0.29) is 18.7 Å². The third-order valence-electron chi connectivity index (χ3n) is 1.35. The molecule has 1 aliphatic rings. The second-order valence-electron chi connectivity index (χ2n) is 2.50. The quantitative estimate of drug-likeness (QED) is 0.549. The summed E-state index contributed by atoms with van der Waals surface area (Å²) in [6.07, 6.45) is 2.89. The van der Waals surface area contributed by atoms with Crippen molar-refractivity contribution < 1.29 is 14.6 Å². The third kappa shape index (κ3) is 2.82. The molecule has 10 heavy (non-hydrogen) atoms. The molecule has 0 aromatic heterocycles. The largest absolute Gasteiger partial charge is 0.462 e. The Balaban J connectivity index is 1.97. The fourth-order valence-corrected chi connectivity index (χ4v) is 0.647. The van der Waals surface area contributed by atoms with Crippen LogP contribution in [-0.4, -0.2) is 18.7 Å². The predicted octanol–water partition coefficient (Wildman–Crippen LogP) is 0.903. The van der Waals surface area contributed by atoms with Gasteiger partial charge in [0.05, 0.1) is 6.61 Å². The van der Waals surface area contributed by atoms with Gasteiger partial charge in [-0.15, -0.1) is 0 Å². The first-order valence-corrected chi connectivity index (χ1v) is 3.60. The summed E-state index contributed by atoms with van der Waals surface area (Å²) in [6, 6.07) is 0. The molecule has 3 nitrogen and oxygen atoms in total.